The lowest BCUT2D eigenvalue weighted by Crippen LogP contribution is -2.31. The summed E-state index contributed by atoms with van der Waals surface area (Å²) in [6, 6.07) is 7.66. The SMILES string of the molecule is CN1CCC[C@H]1C(=O)C#Cc1ccc(Br)cc1. The third-order valence-electron chi connectivity index (χ3n) is 3.00. The fourth-order valence-electron chi connectivity index (χ4n) is 1.99. The van der Waals surface area contributed by atoms with Gasteiger partial charge in [0.05, 0.1) is 6.04 Å². The Morgan fingerprint density at radius 3 is 2.71 bits per heavy atom. The number of ketones is 1. The van der Waals surface area contributed by atoms with Crippen molar-refractivity contribution in [3.63, 3.8) is 0 Å². The van der Waals surface area contributed by atoms with Crippen LogP contribution in [0.4, 0.5) is 0 Å². The molecule has 1 aliphatic rings. The Hall–Kier alpha value is -1.11. The van der Waals surface area contributed by atoms with E-state index < -0.39 is 0 Å². The van der Waals surface area contributed by atoms with Crippen LogP contribution in [0.2, 0.25) is 0 Å². The molecule has 1 fully saturated rings. The highest BCUT2D eigenvalue weighted by Gasteiger charge is 2.26. The summed E-state index contributed by atoms with van der Waals surface area (Å²) in [5.41, 5.74) is 0.877. The van der Waals surface area contributed by atoms with E-state index in [0.717, 1.165) is 29.4 Å². The molecular formula is C14H14BrNO. The van der Waals surface area contributed by atoms with Crippen molar-refractivity contribution in [1.82, 2.24) is 4.90 Å². The normalized spacial score (nSPS) is 19.8. The lowest BCUT2D eigenvalue weighted by Gasteiger charge is -2.14. The molecule has 1 aromatic carbocycles. The van der Waals surface area contributed by atoms with Gasteiger partial charge in [0.2, 0.25) is 5.78 Å². The monoisotopic (exact) mass is 291 g/mol. The molecular weight excluding hydrogens is 278 g/mol. The van der Waals surface area contributed by atoms with E-state index in [4.69, 9.17) is 0 Å². The van der Waals surface area contributed by atoms with Gasteiger partial charge in [0.1, 0.15) is 0 Å². The maximum atomic E-state index is 11.9. The summed E-state index contributed by atoms with van der Waals surface area (Å²) in [4.78, 5) is 14.0. The number of hydrogen-bond donors (Lipinski definition) is 0. The summed E-state index contributed by atoms with van der Waals surface area (Å²) in [5, 5.41) is 0. The number of nitrogens with zero attached hydrogens (tertiary/aromatic N) is 1. The molecule has 0 aromatic heterocycles. The molecule has 1 heterocycles. The maximum Gasteiger partial charge on any atom is 0.222 e. The number of likely N-dealkylation sites (tertiary alicyclic amines) is 1. The summed E-state index contributed by atoms with van der Waals surface area (Å²) < 4.78 is 1.02. The van der Waals surface area contributed by atoms with Crippen LogP contribution in [0.3, 0.4) is 0 Å². The first-order valence-electron chi connectivity index (χ1n) is 5.68. The predicted molar refractivity (Wildman–Crippen MR) is 71.7 cm³/mol. The van der Waals surface area contributed by atoms with Gasteiger partial charge in [-0.25, -0.2) is 0 Å². The van der Waals surface area contributed by atoms with Crippen LogP contribution in [0.5, 0.6) is 0 Å². The molecule has 1 saturated heterocycles. The first-order valence-corrected chi connectivity index (χ1v) is 6.48. The fourth-order valence-corrected chi connectivity index (χ4v) is 2.26. The second-order valence-electron chi connectivity index (χ2n) is 4.26. The van der Waals surface area contributed by atoms with E-state index in [2.05, 4.69) is 32.7 Å². The van der Waals surface area contributed by atoms with E-state index in [1.165, 1.54) is 0 Å². The molecule has 0 N–H and O–H groups in total. The Morgan fingerprint density at radius 1 is 1.41 bits per heavy atom. The highest BCUT2D eigenvalue weighted by molar-refractivity contribution is 9.10. The van der Waals surface area contributed by atoms with Crippen molar-refractivity contribution < 1.29 is 4.79 Å². The number of halogens is 1. The molecule has 17 heavy (non-hydrogen) atoms. The number of carbonyl (C=O) groups excluding carboxylic acids is 1. The van der Waals surface area contributed by atoms with Gasteiger partial charge < -0.3 is 0 Å². The molecule has 0 aliphatic carbocycles. The Labute approximate surface area is 110 Å². The molecule has 0 spiro atoms. The van der Waals surface area contributed by atoms with Crippen LogP contribution in [0, 0.1) is 11.8 Å². The molecule has 0 bridgehead atoms. The average molecular weight is 292 g/mol. The van der Waals surface area contributed by atoms with E-state index in [9.17, 15) is 4.79 Å². The molecule has 0 saturated carbocycles. The third kappa shape index (κ3) is 3.18. The van der Waals surface area contributed by atoms with Gasteiger partial charge in [0.25, 0.3) is 0 Å². The van der Waals surface area contributed by atoms with Crippen LogP contribution in [-0.4, -0.2) is 30.3 Å². The molecule has 2 rings (SSSR count). The van der Waals surface area contributed by atoms with E-state index in [0.29, 0.717) is 0 Å². The first-order chi connectivity index (χ1) is 8.16. The molecule has 0 radical (unpaired) electrons. The zero-order chi connectivity index (χ0) is 12.3. The van der Waals surface area contributed by atoms with Crippen LogP contribution in [0.25, 0.3) is 0 Å². The Bertz CT molecular complexity index is 469. The topological polar surface area (TPSA) is 20.3 Å². The van der Waals surface area contributed by atoms with Crippen molar-refractivity contribution in [2.45, 2.75) is 18.9 Å². The summed E-state index contributed by atoms with van der Waals surface area (Å²) in [7, 11) is 1.98. The highest BCUT2D eigenvalue weighted by Crippen LogP contribution is 2.15. The van der Waals surface area contributed by atoms with Gasteiger partial charge in [0, 0.05) is 10.0 Å². The minimum absolute atomic E-state index is 0.00190. The summed E-state index contributed by atoms with van der Waals surface area (Å²) in [5.74, 6) is 5.70. The van der Waals surface area contributed by atoms with E-state index >= 15 is 0 Å². The van der Waals surface area contributed by atoms with E-state index in [-0.39, 0.29) is 11.8 Å². The molecule has 1 atom stereocenters. The average Bonchev–Trinajstić information content (AvgIpc) is 2.74. The minimum Gasteiger partial charge on any atom is -0.296 e. The molecule has 2 nitrogen and oxygen atoms in total. The van der Waals surface area contributed by atoms with Gasteiger partial charge >= 0.3 is 0 Å². The standard InChI is InChI=1S/C14H14BrNO/c1-16-10-2-3-13(16)14(17)9-6-11-4-7-12(15)8-5-11/h4-5,7-8,13H,2-3,10H2,1H3/t13-/m0/s1. The number of carbonyl (C=O) groups is 1. The molecule has 0 amide bonds. The van der Waals surface area contributed by atoms with Crippen LogP contribution in [0.15, 0.2) is 28.7 Å². The smallest absolute Gasteiger partial charge is 0.222 e. The van der Waals surface area contributed by atoms with Crippen LogP contribution in [0.1, 0.15) is 18.4 Å². The Kier molecular flexibility index (Phi) is 3.98. The predicted octanol–water partition coefficient (Wildman–Crippen LogP) is 2.46. The minimum atomic E-state index is -0.00190. The van der Waals surface area contributed by atoms with Crippen molar-refractivity contribution in [3.8, 4) is 11.8 Å². The molecule has 1 aliphatic heterocycles. The van der Waals surface area contributed by atoms with Crippen LogP contribution in [-0.2, 0) is 4.79 Å². The van der Waals surface area contributed by atoms with E-state index in [1.807, 2.05) is 31.3 Å². The van der Waals surface area contributed by atoms with Crippen molar-refractivity contribution >= 4 is 21.7 Å². The summed E-state index contributed by atoms with van der Waals surface area (Å²) in [6.45, 7) is 0.996. The largest absolute Gasteiger partial charge is 0.296 e. The highest BCUT2D eigenvalue weighted by atomic mass is 79.9. The molecule has 88 valence electrons. The number of benzene rings is 1. The van der Waals surface area contributed by atoms with Gasteiger partial charge in [0.15, 0.2) is 0 Å². The lowest BCUT2D eigenvalue weighted by molar-refractivity contribution is -0.117. The van der Waals surface area contributed by atoms with Crippen molar-refractivity contribution in [1.29, 1.82) is 0 Å². The molecule has 0 unspecified atom stereocenters. The van der Waals surface area contributed by atoms with Gasteiger partial charge in [-0.2, -0.15) is 0 Å². The lowest BCUT2D eigenvalue weighted by atomic mass is 10.1. The van der Waals surface area contributed by atoms with Crippen molar-refractivity contribution in [2.24, 2.45) is 0 Å². The van der Waals surface area contributed by atoms with Crippen molar-refractivity contribution in [3.05, 3.63) is 34.3 Å². The second kappa shape index (κ2) is 5.48. The number of hydrogen-bond acceptors (Lipinski definition) is 2. The fraction of sp³-hybridized carbons (Fsp3) is 0.357. The van der Waals surface area contributed by atoms with Gasteiger partial charge in [-0.1, -0.05) is 21.9 Å². The quantitative estimate of drug-likeness (QED) is 0.741. The maximum absolute atomic E-state index is 11.9. The third-order valence-corrected chi connectivity index (χ3v) is 3.53. The Morgan fingerprint density at radius 2 is 2.12 bits per heavy atom. The van der Waals surface area contributed by atoms with Crippen LogP contribution < -0.4 is 0 Å². The number of Topliss-reactive ketones (excluding diaryl/α,β-unsaturated/α-hetero) is 1. The van der Waals surface area contributed by atoms with Crippen LogP contribution >= 0.6 is 15.9 Å². The number of likely N-dealkylation sites (N-methyl/N-ethyl adjacent to an activating group) is 1. The molecule has 3 heteroatoms. The van der Waals surface area contributed by atoms with Crippen molar-refractivity contribution in [2.75, 3.05) is 13.6 Å². The molecule has 1 aromatic rings. The Balaban J connectivity index is 2.06. The zero-order valence-corrected chi connectivity index (χ0v) is 11.3. The number of rotatable bonds is 1. The van der Waals surface area contributed by atoms with Gasteiger partial charge in [-0.05, 0) is 56.6 Å². The zero-order valence-electron chi connectivity index (χ0n) is 9.74. The van der Waals surface area contributed by atoms with Gasteiger partial charge in [-0.15, -0.1) is 0 Å². The first kappa shape index (κ1) is 12.3. The second-order valence-corrected chi connectivity index (χ2v) is 5.18. The van der Waals surface area contributed by atoms with Gasteiger partial charge in [-0.3, -0.25) is 9.69 Å². The van der Waals surface area contributed by atoms with E-state index in [1.54, 1.807) is 0 Å². The summed E-state index contributed by atoms with van der Waals surface area (Å²) in [6.07, 6.45) is 2.03. The summed E-state index contributed by atoms with van der Waals surface area (Å²) >= 11 is 3.37.